The van der Waals surface area contributed by atoms with Crippen molar-refractivity contribution >= 4 is 10.4 Å². The molecule has 0 aliphatic carbocycles. The van der Waals surface area contributed by atoms with E-state index in [9.17, 15) is 38.7 Å². The summed E-state index contributed by atoms with van der Waals surface area (Å²) in [5, 5.41) is 54.0. The van der Waals surface area contributed by atoms with Crippen LogP contribution in [0.25, 0.3) is 0 Å². The average molecular weight is 464 g/mol. The fourth-order valence-corrected chi connectivity index (χ4v) is 3.53. The minimum atomic E-state index is -5.15. The Labute approximate surface area is 171 Å². The number of hydrogen-bond donors (Lipinski definition) is 4. The summed E-state index contributed by atoms with van der Waals surface area (Å²) in [6, 6.07) is 0. The molecule has 4 N–H and O–H groups in total. The summed E-state index contributed by atoms with van der Waals surface area (Å²) in [5.41, 5.74) is 0. The Balaban J connectivity index is 2.25. The lowest BCUT2D eigenvalue weighted by Crippen LogP contribution is -2.64. The van der Waals surface area contributed by atoms with Gasteiger partial charge in [0.1, 0.15) is 30.5 Å². The molecule has 0 aromatic heterocycles. The third-order valence-corrected chi connectivity index (χ3v) is 5.32. The molecule has 2 aliphatic rings. The SMILES string of the molecule is CO[C@H]1OC(COS(=O)(=O)[O-])[C@H](OC2OC(CO)[C@H](O)C(C)[C@@H]2O)C(O)[C@@H]1OO[O-]. The van der Waals surface area contributed by atoms with Gasteiger partial charge in [-0.3, -0.25) is 9.22 Å². The third kappa shape index (κ3) is 6.02. The van der Waals surface area contributed by atoms with Gasteiger partial charge < -0.3 is 49.2 Å². The average Bonchev–Trinajstić information content (AvgIpc) is 2.69. The molecule has 0 radical (unpaired) electrons. The van der Waals surface area contributed by atoms with Gasteiger partial charge in [-0.25, -0.2) is 13.3 Å². The molecule has 0 aromatic rings. The Kier molecular flexibility index (Phi) is 9.28. The van der Waals surface area contributed by atoms with E-state index in [0.717, 1.165) is 7.11 Å². The van der Waals surface area contributed by atoms with Crippen LogP contribution in [0.15, 0.2) is 0 Å². The molecule has 178 valence electrons. The molecule has 10 atom stereocenters. The standard InChI is InChI=1S/C14H26O15S/c1-5-8(16)6(3-15)25-13(9(5)17)27-11-7(4-24-30(20,21)22)26-14(23-2)12(10(11)18)28-29-19/h5-19H,3-4H2,1-2H3,(H,20,21,22)/p-2/t5?,6?,7?,8-,9+,10?,11+,12+,13?,14+/m1/s1. The zero-order chi connectivity index (χ0) is 22.6. The summed E-state index contributed by atoms with van der Waals surface area (Å²) >= 11 is 0. The van der Waals surface area contributed by atoms with Crippen molar-refractivity contribution in [2.75, 3.05) is 20.3 Å². The number of aliphatic hydroxyl groups is 4. The van der Waals surface area contributed by atoms with Crippen LogP contribution in [-0.2, 0) is 43.5 Å². The van der Waals surface area contributed by atoms with Gasteiger partial charge in [0, 0.05) is 13.0 Å². The van der Waals surface area contributed by atoms with Crippen LogP contribution in [0.2, 0.25) is 0 Å². The number of aliphatic hydroxyl groups excluding tert-OH is 4. The summed E-state index contributed by atoms with van der Waals surface area (Å²) in [6.45, 7) is -0.0967. The molecule has 0 spiro atoms. The van der Waals surface area contributed by atoms with E-state index in [1.165, 1.54) is 6.92 Å². The highest BCUT2D eigenvalue weighted by Gasteiger charge is 2.51. The van der Waals surface area contributed by atoms with Crippen molar-refractivity contribution in [2.24, 2.45) is 5.92 Å². The Morgan fingerprint density at radius 2 is 1.63 bits per heavy atom. The van der Waals surface area contributed by atoms with Crippen molar-refractivity contribution in [3.63, 3.8) is 0 Å². The van der Waals surface area contributed by atoms with Crippen LogP contribution in [0.4, 0.5) is 0 Å². The Bertz CT molecular complexity index is 629. The van der Waals surface area contributed by atoms with Crippen molar-refractivity contribution in [3.05, 3.63) is 0 Å². The lowest BCUT2D eigenvalue weighted by molar-refractivity contribution is -0.808. The second-order valence-corrected chi connectivity index (χ2v) is 7.81. The number of hydrogen-bond acceptors (Lipinski definition) is 15. The first-order chi connectivity index (χ1) is 14.0. The highest BCUT2D eigenvalue weighted by atomic mass is 32.3. The van der Waals surface area contributed by atoms with Crippen LogP contribution in [0.5, 0.6) is 0 Å². The monoisotopic (exact) mass is 464 g/mol. The lowest BCUT2D eigenvalue weighted by atomic mass is 9.90. The maximum Gasteiger partial charge on any atom is 0.217 e. The van der Waals surface area contributed by atoms with Crippen LogP contribution < -0.4 is 5.26 Å². The molecule has 0 aromatic carbocycles. The van der Waals surface area contributed by atoms with Crippen LogP contribution >= 0.6 is 0 Å². The lowest BCUT2D eigenvalue weighted by Gasteiger charge is -2.47. The highest BCUT2D eigenvalue weighted by molar-refractivity contribution is 7.80. The molecule has 0 bridgehead atoms. The van der Waals surface area contributed by atoms with Gasteiger partial charge in [-0.2, -0.15) is 0 Å². The summed E-state index contributed by atoms with van der Waals surface area (Å²) in [7, 11) is -4.03. The van der Waals surface area contributed by atoms with Gasteiger partial charge in [0.05, 0.1) is 19.3 Å². The molecule has 2 saturated heterocycles. The first kappa shape index (κ1) is 25.7. The Hall–Kier alpha value is -0.570. The van der Waals surface area contributed by atoms with Crippen molar-refractivity contribution in [3.8, 4) is 0 Å². The van der Waals surface area contributed by atoms with E-state index >= 15 is 0 Å². The molecular formula is C14H24O15S-2. The quantitative estimate of drug-likeness (QED) is 0.109. The number of rotatable bonds is 9. The van der Waals surface area contributed by atoms with Gasteiger partial charge in [-0.15, -0.1) is 0 Å². The van der Waals surface area contributed by atoms with Gasteiger partial charge >= 0.3 is 0 Å². The van der Waals surface area contributed by atoms with E-state index in [2.05, 4.69) is 14.1 Å². The van der Waals surface area contributed by atoms with E-state index in [1.54, 1.807) is 0 Å². The van der Waals surface area contributed by atoms with Crippen LogP contribution in [-0.4, -0.2) is 109 Å². The van der Waals surface area contributed by atoms with Crippen molar-refractivity contribution in [2.45, 2.75) is 62.2 Å². The van der Waals surface area contributed by atoms with Crippen molar-refractivity contribution in [1.82, 2.24) is 0 Å². The fourth-order valence-electron chi connectivity index (χ4n) is 3.23. The Morgan fingerprint density at radius 3 is 2.17 bits per heavy atom. The second-order valence-electron chi connectivity index (χ2n) is 6.76. The summed E-state index contributed by atoms with van der Waals surface area (Å²) < 4.78 is 57.6. The molecule has 2 rings (SSSR count). The summed E-state index contributed by atoms with van der Waals surface area (Å²) in [5.74, 6) is -0.831. The zero-order valence-electron chi connectivity index (χ0n) is 15.9. The molecule has 16 heteroatoms. The number of methoxy groups -OCH3 is 1. The summed E-state index contributed by atoms with van der Waals surface area (Å²) in [6.07, 6.45) is -13.3. The molecule has 0 amide bonds. The van der Waals surface area contributed by atoms with E-state index < -0.39 is 84.8 Å². The normalized spacial score (nSPS) is 42.9. The van der Waals surface area contributed by atoms with Gasteiger partial charge in [-0.1, -0.05) is 6.92 Å². The summed E-state index contributed by atoms with van der Waals surface area (Å²) in [4.78, 5) is 4.38. The van der Waals surface area contributed by atoms with Crippen LogP contribution in [0.1, 0.15) is 6.92 Å². The molecule has 30 heavy (non-hydrogen) atoms. The van der Waals surface area contributed by atoms with Gasteiger partial charge in [0.15, 0.2) is 18.7 Å². The minimum absolute atomic E-state index is 0.621. The Morgan fingerprint density at radius 1 is 1.00 bits per heavy atom. The molecule has 0 saturated carbocycles. The number of ether oxygens (including phenoxy) is 4. The topological polar surface area (TPSA) is 226 Å². The molecule has 2 heterocycles. The fraction of sp³-hybridized carbons (Fsp3) is 1.00. The largest absolute Gasteiger partial charge is 0.726 e. The molecule has 15 nitrogen and oxygen atoms in total. The first-order valence-electron chi connectivity index (χ1n) is 8.73. The van der Waals surface area contributed by atoms with Gasteiger partial charge in [0.25, 0.3) is 0 Å². The van der Waals surface area contributed by atoms with Crippen molar-refractivity contribution in [1.29, 1.82) is 0 Å². The zero-order valence-corrected chi connectivity index (χ0v) is 16.7. The first-order valence-corrected chi connectivity index (χ1v) is 10.1. The van der Waals surface area contributed by atoms with Crippen LogP contribution in [0.3, 0.4) is 0 Å². The van der Waals surface area contributed by atoms with E-state index in [0.29, 0.717) is 0 Å². The molecular weight excluding hydrogens is 440 g/mol. The van der Waals surface area contributed by atoms with E-state index in [4.69, 9.17) is 18.9 Å². The van der Waals surface area contributed by atoms with Gasteiger partial charge in [-0.05, 0) is 0 Å². The van der Waals surface area contributed by atoms with E-state index in [-0.39, 0.29) is 0 Å². The van der Waals surface area contributed by atoms with Crippen LogP contribution in [0, 0.1) is 5.92 Å². The minimum Gasteiger partial charge on any atom is -0.726 e. The van der Waals surface area contributed by atoms with Gasteiger partial charge in [0.2, 0.25) is 10.4 Å². The third-order valence-electron chi connectivity index (χ3n) is 4.89. The molecule has 5 unspecified atom stereocenters. The smallest absolute Gasteiger partial charge is 0.217 e. The predicted molar refractivity (Wildman–Crippen MR) is 85.1 cm³/mol. The van der Waals surface area contributed by atoms with E-state index in [1.807, 2.05) is 0 Å². The maximum absolute atomic E-state index is 10.8. The second kappa shape index (κ2) is 10.8. The maximum atomic E-state index is 10.8. The van der Waals surface area contributed by atoms with Crippen molar-refractivity contribution < 1.29 is 71.7 Å². The molecule has 2 aliphatic heterocycles. The highest BCUT2D eigenvalue weighted by Crippen LogP contribution is 2.32. The predicted octanol–water partition coefficient (Wildman–Crippen LogP) is -4.75. The molecule has 2 fully saturated rings.